The Morgan fingerprint density at radius 2 is 2.15 bits per heavy atom. The first kappa shape index (κ1) is 14.7. The van der Waals surface area contributed by atoms with Gasteiger partial charge in [-0.2, -0.15) is 0 Å². The lowest BCUT2D eigenvalue weighted by molar-refractivity contribution is -0.899. The lowest BCUT2D eigenvalue weighted by Gasteiger charge is -2.23. The number of morpholine rings is 1. The Kier molecular flexibility index (Phi) is 4.89. The zero-order valence-corrected chi connectivity index (χ0v) is 11.5. The number of hydrogen-bond acceptors (Lipinski definition) is 4. The van der Waals surface area contributed by atoms with Crippen molar-refractivity contribution in [3.05, 3.63) is 33.3 Å². The van der Waals surface area contributed by atoms with Crippen LogP contribution in [0, 0.1) is 10.1 Å². The van der Waals surface area contributed by atoms with Crippen LogP contribution in [0.1, 0.15) is 0 Å². The number of nitro groups is 1. The Balaban J connectivity index is 2.03. The number of ether oxygens (including phenoxy) is 1. The van der Waals surface area contributed by atoms with Gasteiger partial charge in [-0.15, -0.1) is 0 Å². The van der Waals surface area contributed by atoms with Crippen LogP contribution in [0.3, 0.4) is 0 Å². The maximum absolute atomic E-state index is 11.9. The molecule has 0 radical (unpaired) electrons. The minimum atomic E-state index is -0.548. The SMILES string of the molecule is O=C(C[NH+]1CCOCC1)Nc1cc(Cl)ccc1[N+](=O)[O-]. The van der Waals surface area contributed by atoms with Crippen LogP contribution >= 0.6 is 11.6 Å². The van der Waals surface area contributed by atoms with Gasteiger partial charge in [-0.3, -0.25) is 14.9 Å². The third kappa shape index (κ3) is 3.89. The number of anilines is 1. The largest absolute Gasteiger partial charge is 0.370 e. The molecule has 0 bridgehead atoms. The normalized spacial score (nSPS) is 15.8. The quantitative estimate of drug-likeness (QED) is 0.610. The van der Waals surface area contributed by atoms with Crippen molar-refractivity contribution in [1.82, 2.24) is 0 Å². The molecule has 1 aliphatic rings. The van der Waals surface area contributed by atoms with Gasteiger partial charge in [-0.1, -0.05) is 11.6 Å². The van der Waals surface area contributed by atoms with Gasteiger partial charge in [0, 0.05) is 11.1 Å². The van der Waals surface area contributed by atoms with Gasteiger partial charge >= 0.3 is 0 Å². The van der Waals surface area contributed by atoms with Crippen molar-refractivity contribution in [2.45, 2.75) is 0 Å². The molecular weight excluding hydrogens is 286 g/mol. The lowest BCUT2D eigenvalue weighted by atomic mass is 10.2. The van der Waals surface area contributed by atoms with E-state index >= 15 is 0 Å². The topological polar surface area (TPSA) is 85.9 Å². The molecule has 0 spiro atoms. The third-order valence-electron chi connectivity index (χ3n) is 3.04. The number of carbonyl (C=O) groups excluding carboxylic acids is 1. The fourth-order valence-corrected chi connectivity index (χ4v) is 2.20. The molecular formula is C12H15ClN3O4+. The van der Waals surface area contributed by atoms with Crippen LogP contribution in [-0.2, 0) is 9.53 Å². The number of rotatable bonds is 4. The van der Waals surface area contributed by atoms with Crippen molar-refractivity contribution in [1.29, 1.82) is 0 Å². The Hall–Kier alpha value is -1.70. The lowest BCUT2D eigenvalue weighted by Crippen LogP contribution is -3.15. The summed E-state index contributed by atoms with van der Waals surface area (Å²) >= 11 is 5.80. The van der Waals surface area contributed by atoms with E-state index in [2.05, 4.69) is 5.32 Å². The van der Waals surface area contributed by atoms with Gasteiger partial charge in [-0.05, 0) is 12.1 Å². The fraction of sp³-hybridized carbons (Fsp3) is 0.417. The maximum Gasteiger partial charge on any atom is 0.292 e. The minimum absolute atomic E-state index is 0.125. The Morgan fingerprint density at radius 1 is 1.45 bits per heavy atom. The third-order valence-corrected chi connectivity index (χ3v) is 3.27. The summed E-state index contributed by atoms with van der Waals surface area (Å²) in [4.78, 5) is 23.4. The molecule has 2 rings (SSSR count). The number of carbonyl (C=O) groups is 1. The number of amides is 1. The van der Waals surface area contributed by atoms with E-state index in [1.165, 1.54) is 18.2 Å². The zero-order chi connectivity index (χ0) is 14.5. The van der Waals surface area contributed by atoms with Crippen molar-refractivity contribution in [3.8, 4) is 0 Å². The second-order valence-electron chi connectivity index (χ2n) is 4.51. The molecule has 7 nitrogen and oxygen atoms in total. The number of benzene rings is 1. The Morgan fingerprint density at radius 3 is 2.80 bits per heavy atom. The molecule has 1 aromatic rings. The number of nitrogens with one attached hydrogen (secondary N) is 2. The summed E-state index contributed by atoms with van der Waals surface area (Å²) in [6.45, 7) is 3.02. The maximum atomic E-state index is 11.9. The molecule has 1 aromatic carbocycles. The first-order chi connectivity index (χ1) is 9.56. The number of halogens is 1. The van der Waals surface area contributed by atoms with Gasteiger partial charge < -0.3 is 15.0 Å². The summed E-state index contributed by atoms with van der Waals surface area (Å²) in [5, 5.41) is 13.8. The molecule has 1 aliphatic heterocycles. The molecule has 1 fully saturated rings. The molecule has 8 heteroatoms. The van der Waals surface area contributed by atoms with Crippen LogP contribution < -0.4 is 10.2 Å². The highest BCUT2D eigenvalue weighted by molar-refractivity contribution is 6.31. The average Bonchev–Trinajstić information content (AvgIpc) is 2.39. The molecule has 0 aliphatic carbocycles. The highest BCUT2D eigenvalue weighted by atomic mass is 35.5. The van der Waals surface area contributed by atoms with E-state index in [0.717, 1.165) is 18.0 Å². The molecule has 0 atom stereocenters. The molecule has 1 heterocycles. The van der Waals surface area contributed by atoms with Crippen LogP contribution in [0.4, 0.5) is 11.4 Å². The van der Waals surface area contributed by atoms with Gasteiger partial charge in [0.25, 0.3) is 11.6 Å². The average molecular weight is 301 g/mol. The first-order valence-electron chi connectivity index (χ1n) is 6.21. The van der Waals surface area contributed by atoms with Gasteiger partial charge in [-0.25, -0.2) is 0 Å². The summed E-state index contributed by atoms with van der Waals surface area (Å²) in [6, 6.07) is 4.08. The fourth-order valence-electron chi connectivity index (χ4n) is 2.03. The van der Waals surface area contributed by atoms with Crippen LogP contribution in [0.25, 0.3) is 0 Å². The Bertz CT molecular complexity index is 517. The molecule has 0 saturated carbocycles. The minimum Gasteiger partial charge on any atom is -0.370 e. The zero-order valence-electron chi connectivity index (χ0n) is 10.7. The summed E-state index contributed by atoms with van der Waals surface area (Å²) in [7, 11) is 0. The molecule has 20 heavy (non-hydrogen) atoms. The second kappa shape index (κ2) is 6.65. The van der Waals surface area contributed by atoms with Crippen molar-refractivity contribution < 1.29 is 19.4 Å². The van der Waals surface area contributed by atoms with E-state index in [1.54, 1.807) is 0 Å². The summed E-state index contributed by atoms with van der Waals surface area (Å²) < 4.78 is 5.21. The van der Waals surface area contributed by atoms with Crippen molar-refractivity contribution in [3.63, 3.8) is 0 Å². The van der Waals surface area contributed by atoms with Crippen LogP contribution in [0.2, 0.25) is 5.02 Å². The monoisotopic (exact) mass is 300 g/mol. The summed E-state index contributed by atoms with van der Waals surface area (Å²) in [5.74, 6) is -0.271. The predicted molar refractivity (Wildman–Crippen MR) is 73.1 cm³/mol. The van der Waals surface area contributed by atoms with Gasteiger partial charge in [0.1, 0.15) is 18.8 Å². The van der Waals surface area contributed by atoms with Crippen molar-refractivity contribution >= 4 is 28.9 Å². The molecule has 1 amide bonds. The summed E-state index contributed by atoms with van der Waals surface area (Å²) in [6.07, 6.45) is 0. The number of nitrogens with zero attached hydrogens (tertiary/aromatic N) is 1. The van der Waals surface area contributed by atoms with Crippen LogP contribution in [0.15, 0.2) is 18.2 Å². The molecule has 1 saturated heterocycles. The van der Waals surface area contributed by atoms with E-state index in [4.69, 9.17) is 16.3 Å². The van der Waals surface area contributed by atoms with Gasteiger partial charge in [0.2, 0.25) is 0 Å². The van der Waals surface area contributed by atoms with E-state index in [-0.39, 0.29) is 23.8 Å². The number of quaternary nitrogens is 1. The van der Waals surface area contributed by atoms with E-state index in [0.29, 0.717) is 18.2 Å². The van der Waals surface area contributed by atoms with Crippen molar-refractivity contribution in [2.24, 2.45) is 0 Å². The Labute approximate surface area is 120 Å². The van der Waals surface area contributed by atoms with Crippen LogP contribution in [-0.4, -0.2) is 43.7 Å². The highest BCUT2D eigenvalue weighted by Crippen LogP contribution is 2.27. The number of hydrogen-bond donors (Lipinski definition) is 2. The predicted octanol–water partition coefficient (Wildman–Crippen LogP) is 0.102. The van der Waals surface area contributed by atoms with Gasteiger partial charge in [0.05, 0.1) is 18.1 Å². The highest BCUT2D eigenvalue weighted by Gasteiger charge is 2.21. The smallest absolute Gasteiger partial charge is 0.292 e. The first-order valence-corrected chi connectivity index (χ1v) is 6.59. The second-order valence-corrected chi connectivity index (χ2v) is 4.94. The molecule has 2 N–H and O–H groups in total. The number of nitro benzene ring substituents is 1. The van der Waals surface area contributed by atoms with Gasteiger partial charge in [0.15, 0.2) is 6.54 Å². The van der Waals surface area contributed by atoms with E-state index < -0.39 is 4.92 Å². The molecule has 0 unspecified atom stereocenters. The molecule has 108 valence electrons. The molecule has 0 aromatic heterocycles. The standard InChI is InChI=1S/C12H14ClN3O4/c13-9-1-2-11(16(18)19)10(7-9)14-12(17)8-15-3-5-20-6-4-15/h1-2,7H,3-6,8H2,(H,14,17)/p+1. The van der Waals surface area contributed by atoms with Crippen molar-refractivity contribution in [2.75, 3.05) is 38.2 Å². The van der Waals surface area contributed by atoms with Crippen LogP contribution in [0.5, 0.6) is 0 Å². The van der Waals surface area contributed by atoms with E-state index in [1.807, 2.05) is 0 Å². The van der Waals surface area contributed by atoms with E-state index in [9.17, 15) is 14.9 Å². The summed E-state index contributed by atoms with van der Waals surface area (Å²) in [5.41, 5.74) is -0.0418.